The lowest BCUT2D eigenvalue weighted by molar-refractivity contribution is 0.600. The van der Waals surface area contributed by atoms with Crippen molar-refractivity contribution in [1.82, 2.24) is 10.7 Å². The van der Waals surface area contributed by atoms with E-state index in [1.165, 1.54) is 0 Å². The summed E-state index contributed by atoms with van der Waals surface area (Å²) in [6.07, 6.45) is 2.29. The van der Waals surface area contributed by atoms with Crippen molar-refractivity contribution in [2.24, 2.45) is 5.10 Å². The first kappa shape index (κ1) is 15.9. The van der Waals surface area contributed by atoms with Crippen LogP contribution < -0.4 is 10.7 Å². The fourth-order valence-corrected chi connectivity index (χ4v) is 4.54. The van der Waals surface area contributed by atoms with E-state index in [2.05, 4.69) is 15.8 Å². The Morgan fingerprint density at radius 2 is 2.00 bits per heavy atom. The maximum atomic E-state index is 11.4. The number of sulfone groups is 1. The van der Waals surface area contributed by atoms with Crippen LogP contribution in [0, 0.1) is 0 Å². The Kier molecular flexibility index (Phi) is 4.58. The molecule has 1 saturated heterocycles. The van der Waals surface area contributed by atoms with E-state index in [9.17, 15) is 8.42 Å². The van der Waals surface area contributed by atoms with Gasteiger partial charge < -0.3 is 5.32 Å². The molecule has 0 spiro atoms. The molecule has 0 amide bonds. The van der Waals surface area contributed by atoms with Crippen molar-refractivity contribution in [3.05, 3.63) is 48.0 Å². The minimum atomic E-state index is -2.92. The lowest BCUT2D eigenvalue weighted by Crippen LogP contribution is -2.40. The molecular weight excluding hydrogens is 330 g/mol. The van der Waals surface area contributed by atoms with E-state index in [0.29, 0.717) is 11.5 Å². The second kappa shape index (κ2) is 6.64. The molecule has 0 saturated carbocycles. The number of rotatable bonds is 3. The van der Waals surface area contributed by atoms with Crippen LogP contribution in [0.1, 0.15) is 12.0 Å². The van der Waals surface area contributed by atoms with Crippen LogP contribution in [0.2, 0.25) is 0 Å². The van der Waals surface area contributed by atoms with Crippen LogP contribution in [0.25, 0.3) is 10.8 Å². The number of hydrazone groups is 1. The van der Waals surface area contributed by atoms with Crippen molar-refractivity contribution in [1.29, 1.82) is 0 Å². The van der Waals surface area contributed by atoms with Crippen molar-refractivity contribution in [3.8, 4) is 0 Å². The third-order valence-electron chi connectivity index (χ3n) is 3.76. The van der Waals surface area contributed by atoms with Crippen LogP contribution in [-0.2, 0) is 9.84 Å². The lowest BCUT2D eigenvalue weighted by Gasteiger charge is -2.12. The molecule has 0 aromatic heterocycles. The topological polar surface area (TPSA) is 70.6 Å². The molecule has 1 heterocycles. The van der Waals surface area contributed by atoms with Gasteiger partial charge in [0.15, 0.2) is 14.9 Å². The molecule has 1 aliphatic rings. The number of nitrogens with zero attached hydrogens (tertiary/aromatic N) is 1. The van der Waals surface area contributed by atoms with Crippen LogP contribution in [0.5, 0.6) is 0 Å². The van der Waals surface area contributed by atoms with E-state index in [1.54, 1.807) is 6.21 Å². The van der Waals surface area contributed by atoms with Crippen LogP contribution in [0.4, 0.5) is 0 Å². The zero-order valence-electron chi connectivity index (χ0n) is 12.4. The minimum absolute atomic E-state index is 0.127. The molecule has 1 unspecified atom stereocenters. The van der Waals surface area contributed by atoms with Crippen LogP contribution >= 0.6 is 12.2 Å². The summed E-state index contributed by atoms with van der Waals surface area (Å²) in [5.41, 5.74) is 3.73. The fraction of sp³-hybridized carbons (Fsp3) is 0.250. The lowest BCUT2D eigenvalue weighted by atomic mass is 10.1. The normalized spacial score (nSPS) is 19.9. The summed E-state index contributed by atoms with van der Waals surface area (Å²) in [5.74, 6) is 0.342. The largest absolute Gasteiger partial charge is 0.358 e. The summed E-state index contributed by atoms with van der Waals surface area (Å²) < 4.78 is 22.8. The Morgan fingerprint density at radius 3 is 2.78 bits per heavy atom. The third-order valence-corrected chi connectivity index (χ3v) is 5.74. The minimum Gasteiger partial charge on any atom is -0.358 e. The van der Waals surface area contributed by atoms with Gasteiger partial charge in [-0.3, -0.25) is 5.43 Å². The Labute approximate surface area is 140 Å². The van der Waals surface area contributed by atoms with Crippen LogP contribution in [-0.4, -0.2) is 37.3 Å². The SMILES string of the molecule is O=S1(=O)CCC(NC(=S)N/N=C/c2cccc3ccccc23)C1. The molecule has 2 N–H and O–H groups in total. The van der Waals surface area contributed by atoms with E-state index in [1.807, 2.05) is 42.5 Å². The molecule has 1 atom stereocenters. The molecule has 120 valence electrons. The Hall–Kier alpha value is -1.99. The smallest absolute Gasteiger partial charge is 0.187 e. The average Bonchev–Trinajstić information content (AvgIpc) is 2.86. The zero-order chi connectivity index (χ0) is 16.3. The third kappa shape index (κ3) is 4.05. The Morgan fingerprint density at radius 1 is 1.22 bits per heavy atom. The number of thiocarbonyl (C=S) groups is 1. The molecule has 5 nitrogen and oxygen atoms in total. The highest BCUT2D eigenvalue weighted by Crippen LogP contribution is 2.16. The van der Waals surface area contributed by atoms with Gasteiger partial charge in [0, 0.05) is 11.6 Å². The van der Waals surface area contributed by atoms with E-state index in [4.69, 9.17) is 12.2 Å². The molecule has 2 aromatic carbocycles. The van der Waals surface area contributed by atoms with Gasteiger partial charge in [0.1, 0.15) is 0 Å². The van der Waals surface area contributed by atoms with Gasteiger partial charge >= 0.3 is 0 Å². The Balaban J connectivity index is 1.61. The molecule has 0 radical (unpaired) electrons. The molecule has 7 heteroatoms. The number of fused-ring (bicyclic) bond motifs is 1. The predicted molar refractivity (Wildman–Crippen MR) is 97.5 cm³/mol. The predicted octanol–water partition coefficient (Wildman–Crippen LogP) is 1.82. The van der Waals surface area contributed by atoms with Crippen LogP contribution in [0.3, 0.4) is 0 Å². The summed E-state index contributed by atoms with van der Waals surface area (Å²) in [5, 5.41) is 9.72. The molecular formula is C16H17N3O2S2. The molecule has 0 aliphatic carbocycles. The number of nitrogens with one attached hydrogen (secondary N) is 2. The summed E-state index contributed by atoms with van der Waals surface area (Å²) in [6.45, 7) is 0. The second-order valence-corrected chi connectivity index (χ2v) is 8.15. The first-order valence-electron chi connectivity index (χ1n) is 7.31. The van der Waals surface area contributed by atoms with Crippen molar-refractivity contribution >= 4 is 44.2 Å². The van der Waals surface area contributed by atoms with Gasteiger partial charge in [0.2, 0.25) is 0 Å². The molecule has 2 aromatic rings. The fourth-order valence-electron chi connectivity index (χ4n) is 2.65. The highest BCUT2D eigenvalue weighted by atomic mass is 32.2. The summed E-state index contributed by atoms with van der Waals surface area (Å²) >= 11 is 5.15. The summed E-state index contributed by atoms with van der Waals surface area (Å²) in [4.78, 5) is 0. The first-order valence-corrected chi connectivity index (χ1v) is 9.54. The molecule has 0 bridgehead atoms. The first-order chi connectivity index (χ1) is 11.0. The van der Waals surface area contributed by atoms with E-state index < -0.39 is 9.84 Å². The standard InChI is InChI=1S/C16H17N3O2S2/c20-23(21)9-8-14(11-23)18-16(22)19-17-10-13-6-3-5-12-4-1-2-7-15(12)13/h1-7,10,14H,8-9,11H2,(H2,18,19,22)/b17-10+. The van der Waals surface area contributed by atoms with Gasteiger partial charge in [-0.25, -0.2) is 8.42 Å². The maximum Gasteiger partial charge on any atom is 0.187 e. The second-order valence-electron chi connectivity index (χ2n) is 5.51. The highest BCUT2D eigenvalue weighted by molar-refractivity contribution is 7.91. The van der Waals surface area contributed by atoms with Gasteiger partial charge in [-0.2, -0.15) is 5.10 Å². The Bertz CT molecular complexity index is 857. The van der Waals surface area contributed by atoms with Gasteiger partial charge in [0.05, 0.1) is 17.7 Å². The van der Waals surface area contributed by atoms with Crippen molar-refractivity contribution in [2.45, 2.75) is 12.5 Å². The average molecular weight is 347 g/mol. The number of hydrogen-bond acceptors (Lipinski definition) is 4. The van der Waals surface area contributed by atoms with Gasteiger partial charge in [-0.05, 0) is 29.4 Å². The molecule has 3 rings (SSSR count). The van der Waals surface area contributed by atoms with Crippen molar-refractivity contribution in [3.63, 3.8) is 0 Å². The molecule has 1 fully saturated rings. The number of hydrogen-bond donors (Lipinski definition) is 2. The number of benzene rings is 2. The summed E-state index contributed by atoms with van der Waals surface area (Å²) in [6, 6.07) is 13.9. The van der Waals surface area contributed by atoms with Crippen molar-refractivity contribution < 1.29 is 8.42 Å². The quantitative estimate of drug-likeness (QED) is 0.504. The monoisotopic (exact) mass is 347 g/mol. The van der Waals surface area contributed by atoms with Gasteiger partial charge in [0.25, 0.3) is 0 Å². The van der Waals surface area contributed by atoms with Gasteiger partial charge in [-0.15, -0.1) is 0 Å². The zero-order valence-corrected chi connectivity index (χ0v) is 14.0. The summed E-state index contributed by atoms with van der Waals surface area (Å²) in [7, 11) is -2.92. The van der Waals surface area contributed by atoms with E-state index >= 15 is 0 Å². The maximum absolute atomic E-state index is 11.4. The van der Waals surface area contributed by atoms with Gasteiger partial charge in [-0.1, -0.05) is 42.5 Å². The molecule has 1 aliphatic heterocycles. The molecule has 23 heavy (non-hydrogen) atoms. The van der Waals surface area contributed by atoms with Crippen LogP contribution in [0.15, 0.2) is 47.6 Å². The van der Waals surface area contributed by atoms with Crippen molar-refractivity contribution in [2.75, 3.05) is 11.5 Å². The van der Waals surface area contributed by atoms with E-state index in [-0.39, 0.29) is 17.5 Å². The van der Waals surface area contributed by atoms with E-state index in [0.717, 1.165) is 16.3 Å². The highest BCUT2D eigenvalue weighted by Gasteiger charge is 2.28.